The summed E-state index contributed by atoms with van der Waals surface area (Å²) < 4.78 is 0. The van der Waals surface area contributed by atoms with Gasteiger partial charge in [0.1, 0.15) is 0 Å². The summed E-state index contributed by atoms with van der Waals surface area (Å²) in [5, 5.41) is 0. The second-order valence-corrected chi connectivity index (χ2v) is 5.59. The molecule has 1 aliphatic heterocycles. The van der Waals surface area contributed by atoms with E-state index in [4.69, 9.17) is 0 Å². The van der Waals surface area contributed by atoms with Gasteiger partial charge in [-0.1, -0.05) is 26.7 Å². The number of ketones is 1. The van der Waals surface area contributed by atoms with Gasteiger partial charge in [-0.25, -0.2) is 0 Å². The Kier molecular flexibility index (Phi) is 3.15. The van der Waals surface area contributed by atoms with Crippen LogP contribution in [0.25, 0.3) is 0 Å². The number of hydrogen-bond acceptors (Lipinski definition) is 2. The second kappa shape index (κ2) is 4.25. The van der Waals surface area contributed by atoms with Crippen LogP contribution >= 0.6 is 0 Å². The lowest BCUT2D eigenvalue weighted by molar-refractivity contribution is -0.126. The Morgan fingerprint density at radius 1 is 1.27 bits per heavy atom. The predicted molar refractivity (Wildman–Crippen MR) is 61.8 cm³/mol. The molecule has 0 aromatic rings. The van der Waals surface area contributed by atoms with Gasteiger partial charge in [0.2, 0.25) is 0 Å². The fourth-order valence-electron chi connectivity index (χ4n) is 3.38. The molecule has 2 aliphatic rings. The van der Waals surface area contributed by atoms with Crippen molar-refractivity contribution in [1.29, 1.82) is 0 Å². The maximum Gasteiger partial charge on any atom is 0.152 e. The van der Waals surface area contributed by atoms with Gasteiger partial charge in [-0.2, -0.15) is 0 Å². The van der Waals surface area contributed by atoms with Crippen LogP contribution in [0.4, 0.5) is 0 Å². The number of carbonyl (C=O) groups is 1. The van der Waals surface area contributed by atoms with Crippen molar-refractivity contribution in [2.75, 3.05) is 7.05 Å². The largest absolute Gasteiger partial charge is 0.298 e. The Morgan fingerprint density at radius 3 is 2.53 bits per heavy atom. The van der Waals surface area contributed by atoms with Crippen molar-refractivity contribution in [3.63, 3.8) is 0 Å². The average molecular weight is 209 g/mol. The zero-order chi connectivity index (χ0) is 11.0. The van der Waals surface area contributed by atoms with E-state index >= 15 is 0 Å². The van der Waals surface area contributed by atoms with Crippen LogP contribution in [0.15, 0.2) is 0 Å². The van der Waals surface area contributed by atoms with E-state index in [1.54, 1.807) is 0 Å². The van der Waals surface area contributed by atoms with E-state index < -0.39 is 0 Å². The standard InChI is InChI=1S/C13H23NO/c1-9(2)13(15)12-8-10-6-4-5-7-11(10)14(12)3/h9-12H,4-8H2,1-3H3/t10-,11-,12?/m0/s1. The van der Waals surface area contributed by atoms with Crippen LogP contribution < -0.4 is 0 Å². The highest BCUT2D eigenvalue weighted by Crippen LogP contribution is 2.39. The van der Waals surface area contributed by atoms with Crippen LogP contribution in [-0.4, -0.2) is 29.8 Å². The Hall–Kier alpha value is -0.370. The molecule has 3 atom stereocenters. The van der Waals surface area contributed by atoms with E-state index in [0.717, 1.165) is 12.3 Å². The third kappa shape index (κ3) is 1.96. The van der Waals surface area contributed by atoms with Crippen LogP contribution in [0.3, 0.4) is 0 Å². The molecule has 1 heterocycles. The van der Waals surface area contributed by atoms with Crippen LogP contribution in [0.5, 0.6) is 0 Å². The van der Waals surface area contributed by atoms with Gasteiger partial charge in [0.25, 0.3) is 0 Å². The summed E-state index contributed by atoms with van der Waals surface area (Å²) in [5.74, 6) is 1.45. The minimum Gasteiger partial charge on any atom is -0.298 e. The van der Waals surface area contributed by atoms with Crippen molar-refractivity contribution in [3.05, 3.63) is 0 Å². The summed E-state index contributed by atoms with van der Waals surface area (Å²) in [4.78, 5) is 14.4. The molecular weight excluding hydrogens is 186 g/mol. The number of rotatable bonds is 2. The fourth-order valence-corrected chi connectivity index (χ4v) is 3.38. The summed E-state index contributed by atoms with van der Waals surface area (Å²) in [7, 11) is 2.15. The van der Waals surface area contributed by atoms with Crippen LogP contribution in [0.1, 0.15) is 46.0 Å². The summed E-state index contributed by atoms with van der Waals surface area (Å²) in [6, 6.07) is 0.921. The van der Waals surface area contributed by atoms with Gasteiger partial charge in [-0.15, -0.1) is 0 Å². The number of carbonyl (C=O) groups excluding carboxylic acids is 1. The van der Waals surface area contributed by atoms with Gasteiger partial charge in [0.15, 0.2) is 5.78 Å². The molecule has 1 saturated carbocycles. The van der Waals surface area contributed by atoms with Gasteiger partial charge in [-0.05, 0) is 32.2 Å². The first-order chi connectivity index (χ1) is 7.11. The molecule has 15 heavy (non-hydrogen) atoms. The van der Waals surface area contributed by atoms with Crippen LogP contribution in [-0.2, 0) is 4.79 Å². The van der Waals surface area contributed by atoms with Crippen LogP contribution in [0, 0.1) is 11.8 Å². The molecule has 0 spiro atoms. The number of hydrogen-bond donors (Lipinski definition) is 0. The number of likely N-dealkylation sites (tertiary alicyclic amines) is 1. The van der Waals surface area contributed by atoms with Crippen LogP contribution in [0.2, 0.25) is 0 Å². The normalized spacial score (nSPS) is 36.9. The molecule has 0 N–H and O–H groups in total. The summed E-state index contributed by atoms with van der Waals surface area (Å²) in [6.45, 7) is 4.05. The van der Waals surface area contributed by atoms with Gasteiger partial charge in [-0.3, -0.25) is 9.69 Å². The highest BCUT2D eigenvalue weighted by atomic mass is 16.1. The SMILES string of the molecule is CC(C)C(=O)C1C[C@@H]2CCCC[C@@H]2N1C. The molecule has 0 aromatic carbocycles. The molecule has 0 aromatic heterocycles. The number of likely N-dealkylation sites (N-methyl/N-ethyl adjacent to an activating group) is 1. The van der Waals surface area contributed by atoms with E-state index in [2.05, 4.69) is 11.9 Å². The molecule has 1 saturated heterocycles. The monoisotopic (exact) mass is 209 g/mol. The average Bonchev–Trinajstić information content (AvgIpc) is 2.56. The Labute approximate surface area is 93.0 Å². The summed E-state index contributed by atoms with van der Waals surface area (Å²) >= 11 is 0. The minimum atomic E-state index is 0.192. The van der Waals surface area contributed by atoms with Crippen molar-refractivity contribution in [3.8, 4) is 0 Å². The van der Waals surface area contributed by atoms with Crippen molar-refractivity contribution in [2.24, 2.45) is 11.8 Å². The highest BCUT2D eigenvalue weighted by molar-refractivity contribution is 5.86. The van der Waals surface area contributed by atoms with E-state index in [-0.39, 0.29) is 12.0 Å². The quantitative estimate of drug-likeness (QED) is 0.696. The van der Waals surface area contributed by atoms with Crippen molar-refractivity contribution >= 4 is 5.78 Å². The topological polar surface area (TPSA) is 20.3 Å². The number of Topliss-reactive ketones (excluding diaryl/α,β-unsaturated/α-hetero) is 1. The Balaban J connectivity index is 2.07. The Bertz CT molecular complexity index is 249. The van der Waals surface area contributed by atoms with Gasteiger partial charge < -0.3 is 0 Å². The molecule has 2 heteroatoms. The summed E-state index contributed by atoms with van der Waals surface area (Å²) in [6.07, 6.45) is 6.50. The minimum absolute atomic E-state index is 0.192. The zero-order valence-electron chi connectivity index (χ0n) is 10.2. The van der Waals surface area contributed by atoms with Gasteiger partial charge >= 0.3 is 0 Å². The molecule has 1 aliphatic carbocycles. The van der Waals surface area contributed by atoms with E-state index in [1.807, 2.05) is 13.8 Å². The molecule has 1 unspecified atom stereocenters. The number of nitrogens with zero attached hydrogens (tertiary/aromatic N) is 1. The molecule has 86 valence electrons. The third-order valence-corrected chi connectivity index (χ3v) is 4.31. The van der Waals surface area contributed by atoms with Crippen molar-refractivity contribution < 1.29 is 4.79 Å². The first-order valence-corrected chi connectivity index (χ1v) is 6.37. The van der Waals surface area contributed by atoms with Crippen molar-refractivity contribution in [2.45, 2.75) is 58.0 Å². The van der Waals surface area contributed by atoms with Crippen molar-refractivity contribution in [1.82, 2.24) is 4.90 Å². The predicted octanol–water partition coefficient (Wildman–Crippen LogP) is 2.47. The smallest absolute Gasteiger partial charge is 0.152 e. The maximum absolute atomic E-state index is 12.1. The molecular formula is C13H23NO. The van der Waals surface area contributed by atoms with E-state index in [1.165, 1.54) is 25.7 Å². The molecule has 0 radical (unpaired) electrons. The van der Waals surface area contributed by atoms with Gasteiger partial charge in [0.05, 0.1) is 6.04 Å². The lowest BCUT2D eigenvalue weighted by Gasteiger charge is -2.30. The molecule has 0 amide bonds. The first-order valence-electron chi connectivity index (χ1n) is 6.37. The highest BCUT2D eigenvalue weighted by Gasteiger charge is 2.43. The molecule has 2 nitrogen and oxygen atoms in total. The van der Waals surface area contributed by atoms with E-state index in [9.17, 15) is 4.79 Å². The zero-order valence-corrected chi connectivity index (χ0v) is 10.2. The fraction of sp³-hybridized carbons (Fsp3) is 0.923. The third-order valence-electron chi connectivity index (χ3n) is 4.31. The van der Waals surface area contributed by atoms with E-state index in [0.29, 0.717) is 11.8 Å². The maximum atomic E-state index is 12.1. The lowest BCUT2D eigenvalue weighted by Crippen LogP contribution is -2.40. The molecule has 2 fully saturated rings. The molecule has 0 bridgehead atoms. The lowest BCUT2D eigenvalue weighted by atomic mass is 9.84. The van der Waals surface area contributed by atoms with Gasteiger partial charge in [0, 0.05) is 12.0 Å². The molecule has 2 rings (SSSR count). The summed E-state index contributed by atoms with van der Waals surface area (Å²) in [5.41, 5.74) is 0. The second-order valence-electron chi connectivity index (χ2n) is 5.59. The Morgan fingerprint density at radius 2 is 1.93 bits per heavy atom. The number of fused-ring (bicyclic) bond motifs is 1. The first kappa shape index (κ1) is 11.1.